The van der Waals surface area contributed by atoms with Gasteiger partial charge in [-0.1, -0.05) is 0 Å². The summed E-state index contributed by atoms with van der Waals surface area (Å²) in [6, 6.07) is 3.14. The second-order valence-corrected chi connectivity index (χ2v) is 7.26. The fourth-order valence-corrected chi connectivity index (χ4v) is 3.05. The number of hydrogen-bond acceptors (Lipinski definition) is 4. The van der Waals surface area contributed by atoms with Crippen LogP contribution >= 0.6 is 0 Å². The fraction of sp³-hybridized carbons (Fsp3) is 0.625. The zero-order valence-electron chi connectivity index (χ0n) is 14.8. The Balaban J connectivity index is 0. The number of esters is 1. The zero-order chi connectivity index (χ0) is 16.3. The van der Waals surface area contributed by atoms with E-state index in [4.69, 9.17) is 5.11 Å². The number of ether oxygens (including phenoxy) is 1. The molecule has 0 spiro atoms. The number of rotatable bonds is 6. The Bertz CT molecular complexity index is 389. The number of carbonyl (C=O) groups is 1. The van der Waals surface area contributed by atoms with Gasteiger partial charge in [-0.25, -0.2) is 4.79 Å². The largest absolute Gasteiger partial charge is 1.00 e. The van der Waals surface area contributed by atoms with Crippen LogP contribution in [0.3, 0.4) is 0 Å². The van der Waals surface area contributed by atoms with Gasteiger partial charge in [0.15, 0.2) is 0 Å². The smallest absolute Gasteiger partial charge is 0.339 e. The van der Waals surface area contributed by atoms with Crippen LogP contribution in [0.4, 0.5) is 0 Å². The van der Waals surface area contributed by atoms with Gasteiger partial charge < -0.3 is 11.3 Å². The van der Waals surface area contributed by atoms with Gasteiger partial charge in [0.25, 0.3) is 0 Å². The standard InChI is InChI=1S/C8H9NO3.2C4H9.Al.H/c1-12-8(11)6-2-3-7(5-10)9-4-6;2*1-4(2)3;;/h2-4,10H,5H2,1H3;2*4H,1H2,2-3H3;;/q;;;+1;-1. The van der Waals surface area contributed by atoms with Crippen molar-refractivity contribution in [2.24, 2.45) is 11.8 Å². The van der Waals surface area contributed by atoms with E-state index in [-0.39, 0.29) is 8.03 Å². The summed E-state index contributed by atoms with van der Waals surface area (Å²) in [7, 11) is 1.31. The Labute approximate surface area is 136 Å². The molecule has 0 aliphatic rings. The van der Waals surface area contributed by atoms with Crippen molar-refractivity contribution in [3.8, 4) is 0 Å². The first kappa shape index (κ1) is 20.1. The van der Waals surface area contributed by atoms with Crippen LogP contribution in [0.25, 0.3) is 0 Å². The van der Waals surface area contributed by atoms with Gasteiger partial charge in [-0.3, -0.25) is 4.98 Å². The monoisotopic (exact) mass is 309 g/mol. The molecule has 0 aromatic carbocycles. The minimum Gasteiger partial charge on any atom is -1.00 e. The zero-order valence-corrected chi connectivity index (χ0v) is 15.0. The van der Waals surface area contributed by atoms with E-state index < -0.39 is 5.97 Å². The summed E-state index contributed by atoms with van der Waals surface area (Å²) in [6.45, 7) is 9.13. The number of aromatic nitrogens is 1. The van der Waals surface area contributed by atoms with Crippen LogP contribution in [0.2, 0.25) is 10.6 Å². The van der Waals surface area contributed by atoms with Crippen LogP contribution in [0.5, 0.6) is 0 Å². The van der Waals surface area contributed by atoms with Gasteiger partial charge >= 0.3 is 71.3 Å². The van der Waals surface area contributed by atoms with E-state index in [0.29, 0.717) is 11.3 Å². The molecule has 0 unspecified atom stereocenters. The predicted molar refractivity (Wildman–Crippen MR) is 87.7 cm³/mol. The third kappa shape index (κ3) is 10.5. The van der Waals surface area contributed by atoms with Gasteiger partial charge in [0.2, 0.25) is 0 Å². The first-order chi connectivity index (χ1) is 9.90. The first-order valence-corrected chi connectivity index (χ1v) is 8.99. The Morgan fingerprint density at radius 1 is 1.29 bits per heavy atom. The normalized spacial score (nSPS) is 9.90. The Hall–Kier alpha value is -0.888. The molecule has 21 heavy (non-hydrogen) atoms. The van der Waals surface area contributed by atoms with Crippen LogP contribution in [-0.4, -0.2) is 38.4 Å². The van der Waals surface area contributed by atoms with Crippen molar-refractivity contribution in [2.75, 3.05) is 7.11 Å². The van der Waals surface area contributed by atoms with Crippen molar-refractivity contribution in [1.29, 1.82) is 0 Å². The molecule has 1 N–H and O–H groups in total. The van der Waals surface area contributed by atoms with E-state index in [1.807, 2.05) is 0 Å². The van der Waals surface area contributed by atoms with Crippen LogP contribution in [0, 0.1) is 11.8 Å². The predicted octanol–water partition coefficient (Wildman–Crippen LogP) is 3.31. The van der Waals surface area contributed by atoms with Crippen LogP contribution in [0.1, 0.15) is 45.2 Å². The summed E-state index contributed by atoms with van der Waals surface area (Å²) in [5.74, 6) is 1.43. The number of hydrogen-bond donors (Lipinski definition) is 1. The van der Waals surface area contributed by atoms with Gasteiger partial charge in [-0.2, -0.15) is 0 Å². The summed E-state index contributed by atoms with van der Waals surface area (Å²) in [5, 5.41) is 11.6. The molecule has 0 aliphatic heterocycles. The number of pyridine rings is 1. The molecule has 0 aliphatic carbocycles. The summed E-state index contributed by atoms with van der Waals surface area (Å²) >= 11 is 0.755. The summed E-state index contributed by atoms with van der Waals surface area (Å²) in [4.78, 5) is 14.7. The van der Waals surface area contributed by atoms with Crippen molar-refractivity contribution < 1.29 is 16.1 Å². The van der Waals surface area contributed by atoms with E-state index in [1.165, 1.54) is 23.9 Å². The molecule has 0 amide bonds. The quantitative estimate of drug-likeness (QED) is 0.647. The molecule has 0 saturated carbocycles. The van der Waals surface area contributed by atoms with Gasteiger partial charge in [0, 0.05) is 6.20 Å². The maximum Gasteiger partial charge on any atom is 0.339 e. The molecule has 1 rings (SSSR count). The number of aliphatic hydroxyl groups is 1. The molecule has 0 atom stereocenters. The SMILES string of the molecule is CC(C)[CH2][Al+][CH2]C(C)C.COC(=O)c1ccc(CO)nc1.[H-]. The third-order valence-corrected chi connectivity index (χ3v) is 5.24. The molecule has 1 aromatic heterocycles. The number of methoxy groups -OCH3 is 1. The molecule has 1 heterocycles. The fourth-order valence-electron chi connectivity index (χ4n) is 1.52. The van der Waals surface area contributed by atoms with Crippen LogP contribution in [0.15, 0.2) is 18.3 Å². The Morgan fingerprint density at radius 3 is 2.19 bits per heavy atom. The molecule has 0 radical (unpaired) electrons. The maximum atomic E-state index is 10.9. The van der Waals surface area contributed by atoms with Gasteiger partial charge in [-0.05, 0) is 12.1 Å². The Morgan fingerprint density at radius 2 is 1.86 bits per heavy atom. The van der Waals surface area contributed by atoms with Gasteiger partial charge in [0.1, 0.15) is 0 Å². The van der Waals surface area contributed by atoms with Gasteiger partial charge in [-0.15, -0.1) is 0 Å². The maximum absolute atomic E-state index is 10.9. The summed E-state index contributed by atoms with van der Waals surface area (Å²) < 4.78 is 4.47. The summed E-state index contributed by atoms with van der Waals surface area (Å²) in [5.41, 5.74) is 0.914. The molecule has 0 saturated heterocycles. The molecule has 1 aromatic rings. The number of aliphatic hydroxyl groups excluding tert-OH is 1. The average molecular weight is 309 g/mol. The molecule has 5 heteroatoms. The second-order valence-electron chi connectivity index (χ2n) is 5.74. The number of carbonyl (C=O) groups excluding carboxylic acids is 1. The average Bonchev–Trinajstić information content (AvgIpc) is 2.46. The van der Waals surface area contributed by atoms with E-state index in [0.717, 1.165) is 27.1 Å². The van der Waals surface area contributed by atoms with Crippen LogP contribution < -0.4 is 0 Å². The second kappa shape index (κ2) is 11.7. The molecule has 118 valence electrons. The van der Waals surface area contributed by atoms with Crippen molar-refractivity contribution in [3.05, 3.63) is 29.6 Å². The minimum atomic E-state index is -0.424. The van der Waals surface area contributed by atoms with Crippen LogP contribution in [-0.2, 0) is 11.3 Å². The molecular formula is C16H28AlNO3. The number of nitrogens with zero attached hydrogens (tertiary/aromatic N) is 1. The minimum absolute atomic E-state index is 0. The Kier molecular flexibility index (Phi) is 11.2. The van der Waals surface area contributed by atoms with E-state index in [2.05, 4.69) is 37.4 Å². The summed E-state index contributed by atoms with van der Waals surface area (Å²) in [6.07, 6.45) is 1.37. The molecule has 0 fully saturated rings. The van der Waals surface area contributed by atoms with E-state index >= 15 is 0 Å². The van der Waals surface area contributed by atoms with Gasteiger partial charge in [0.05, 0.1) is 25.0 Å². The van der Waals surface area contributed by atoms with Crippen molar-refractivity contribution in [2.45, 2.75) is 44.9 Å². The third-order valence-electron chi connectivity index (χ3n) is 2.68. The van der Waals surface area contributed by atoms with E-state index in [1.54, 1.807) is 12.1 Å². The van der Waals surface area contributed by atoms with Crippen molar-refractivity contribution >= 4 is 21.2 Å². The topological polar surface area (TPSA) is 59.4 Å². The van der Waals surface area contributed by atoms with E-state index in [9.17, 15) is 4.79 Å². The first-order valence-electron chi connectivity index (χ1n) is 7.36. The molecular weight excluding hydrogens is 281 g/mol. The van der Waals surface area contributed by atoms with Crippen molar-refractivity contribution in [1.82, 2.24) is 4.98 Å². The molecule has 0 bridgehead atoms. The molecule has 4 nitrogen and oxygen atoms in total. The van der Waals surface area contributed by atoms with Crippen molar-refractivity contribution in [3.63, 3.8) is 0 Å².